The maximum atomic E-state index is 12.0. The summed E-state index contributed by atoms with van der Waals surface area (Å²) in [4.78, 5) is 13.9. The predicted octanol–water partition coefficient (Wildman–Crippen LogP) is 0.264. The number of ether oxygens (including phenoxy) is 1. The summed E-state index contributed by atoms with van der Waals surface area (Å²) >= 11 is 0. The van der Waals surface area contributed by atoms with Crippen LogP contribution in [0.25, 0.3) is 0 Å². The van der Waals surface area contributed by atoms with Crippen LogP contribution in [0, 0.1) is 5.92 Å². The van der Waals surface area contributed by atoms with E-state index in [2.05, 4.69) is 0 Å². The van der Waals surface area contributed by atoms with E-state index in [9.17, 15) is 4.79 Å². The van der Waals surface area contributed by atoms with Crippen molar-refractivity contribution in [1.82, 2.24) is 4.90 Å². The highest BCUT2D eigenvalue weighted by molar-refractivity contribution is 5.81. The van der Waals surface area contributed by atoms with Crippen LogP contribution in [0.15, 0.2) is 23.9 Å². The second-order valence-electron chi connectivity index (χ2n) is 3.84. The average molecular weight is 208 g/mol. The number of nitrogens with two attached hydrogens (primary N) is 1. The Bertz CT molecular complexity index is 304. The summed E-state index contributed by atoms with van der Waals surface area (Å²) in [5, 5.41) is 0. The molecule has 1 aliphatic heterocycles. The highest BCUT2D eigenvalue weighted by atomic mass is 16.5. The van der Waals surface area contributed by atoms with Crippen LogP contribution >= 0.6 is 0 Å². The van der Waals surface area contributed by atoms with Gasteiger partial charge in [-0.25, -0.2) is 0 Å². The lowest BCUT2D eigenvalue weighted by Crippen LogP contribution is -2.43. The fraction of sp³-hybridized carbons (Fsp3) is 0.545. The third kappa shape index (κ3) is 2.39. The highest BCUT2D eigenvalue weighted by Crippen LogP contribution is 2.17. The van der Waals surface area contributed by atoms with Gasteiger partial charge in [0.1, 0.15) is 0 Å². The highest BCUT2D eigenvalue weighted by Gasteiger charge is 2.24. The summed E-state index contributed by atoms with van der Waals surface area (Å²) < 4.78 is 5.21. The summed E-state index contributed by atoms with van der Waals surface area (Å²) in [7, 11) is 0. The molecule has 2 rings (SSSR count). The van der Waals surface area contributed by atoms with Crippen LogP contribution in [0.4, 0.5) is 0 Å². The van der Waals surface area contributed by atoms with E-state index < -0.39 is 0 Å². The van der Waals surface area contributed by atoms with Gasteiger partial charge < -0.3 is 15.4 Å². The van der Waals surface area contributed by atoms with Crippen molar-refractivity contribution >= 4 is 5.91 Å². The Labute approximate surface area is 89.4 Å². The second kappa shape index (κ2) is 4.49. The van der Waals surface area contributed by atoms with Gasteiger partial charge in [-0.2, -0.15) is 0 Å². The molecule has 0 saturated carbocycles. The molecule has 0 bridgehead atoms. The topological polar surface area (TPSA) is 55.6 Å². The van der Waals surface area contributed by atoms with Crippen LogP contribution in [-0.2, 0) is 9.53 Å². The zero-order chi connectivity index (χ0) is 10.7. The number of hydrogen-bond acceptors (Lipinski definition) is 3. The number of hydrogen-bond donors (Lipinski definition) is 1. The van der Waals surface area contributed by atoms with Crippen molar-refractivity contribution < 1.29 is 9.53 Å². The van der Waals surface area contributed by atoms with Crippen molar-refractivity contribution in [3.05, 3.63) is 23.9 Å². The molecule has 82 valence electrons. The summed E-state index contributed by atoms with van der Waals surface area (Å²) in [6.45, 7) is 2.73. The van der Waals surface area contributed by atoms with Gasteiger partial charge in [0.2, 0.25) is 5.91 Å². The molecule has 2 aliphatic rings. The van der Waals surface area contributed by atoms with E-state index in [0.717, 1.165) is 12.1 Å². The summed E-state index contributed by atoms with van der Waals surface area (Å²) in [6, 6.07) is 0. The zero-order valence-electron chi connectivity index (χ0n) is 8.69. The van der Waals surface area contributed by atoms with Gasteiger partial charge in [0.25, 0.3) is 0 Å². The molecule has 0 aromatic heterocycles. The fourth-order valence-corrected chi connectivity index (χ4v) is 1.84. The lowest BCUT2D eigenvalue weighted by Gasteiger charge is -2.29. The van der Waals surface area contributed by atoms with Gasteiger partial charge in [-0.05, 0) is 12.5 Å². The van der Waals surface area contributed by atoms with E-state index >= 15 is 0 Å². The number of allylic oxidation sites excluding steroid dienone is 2. The quantitative estimate of drug-likeness (QED) is 0.672. The molecular formula is C11H16N2O2. The SMILES string of the molecule is NC1=CCC(C(=O)N2CCOCC2)C=C1. The van der Waals surface area contributed by atoms with Gasteiger partial charge in [0.05, 0.1) is 19.1 Å². The first-order chi connectivity index (χ1) is 7.27. The first kappa shape index (κ1) is 10.2. The number of carbonyl (C=O) groups excluding carboxylic acids is 1. The van der Waals surface area contributed by atoms with Crippen LogP contribution in [0.2, 0.25) is 0 Å². The zero-order valence-corrected chi connectivity index (χ0v) is 8.69. The molecule has 4 nitrogen and oxygen atoms in total. The Morgan fingerprint density at radius 2 is 2.20 bits per heavy atom. The lowest BCUT2D eigenvalue weighted by atomic mass is 9.98. The minimum atomic E-state index is -0.0320. The smallest absolute Gasteiger partial charge is 0.229 e. The maximum Gasteiger partial charge on any atom is 0.229 e. The van der Waals surface area contributed by atoms with Crippen molar-refractivity contribution in [2.75, 3.05) is 26.3 Å². The van der Waals surface area contributed by atoms with Gasteiger partial charge in [0.15, 0.2) is 0 Å². The fourth-order valence-electron chi connectivity index (χ4n) is 1.84. The minimum absolute atomic E-state index is 0.0320. The third-order valence-electron chi connectivity index (χ3n) is 2.77. The maximum absolute atomic E-state index is 12.0. The summed E-state index contributed by atoms with van der Waals surface area (Å²) in [6.07, 6.45) is 6.33. The number of morpholine rings is 1. The standard InChI is InChI=1S/C11H16N2O2/c12-10-3-1-9(2-4-10)11(14)13-5-7-15-8-6-13/h1,3-4,9H,2,5-8,12H2. The molecule has 1 fully saturated rings. The van der Waals surface area contributed by atoms with Gasteiger partial charge in [0, 0.05) is 18.8 Å². The molecule has 1 amide bonds. The molecule has 15 heavy (non-hydrogen) atoms. The Morgan fingerprint density at radius 3 is 2.80 bits per heavy atom. The van der Waals surface area contributed by atoms with Crippen molar-refractivity contribution in [1.29, 1.82) is 0 Å². The molecule has 0 aromatic rings. The first-order valence-corrected chi connectivity index (χ1v) is 5.28. The van der Waals surface area contributed by atoms with E-state index in [0.29, 0.717) is 26.3 Å². The normalized spacial score (nSPS) is 26.3. The van der Waals surface area contributed by atoms with Gasteiger partial charge in [-0.1, -0.05) is 12.2 Å². The van der Waals surface area contributed by atoms with Crippen LogP contribution in [0.3, 0.4) is 0 Å². The van der Waals surface area contributed by atoms with Crippen molar-refractivity contribution in [2.24, 2.45) is 11.7 Å². The average Bonchev–Trinajstić information content (AvgIpc) is 2.30. The molecule has 1 atom stereocenters. The van der Waals surface area contributed by atoms with Crippen molar-refractivity contribution in [3.8, 4) is 0 Å². The molecule has 4 heteroatoms. The van der Waals surface area contributed by atoms with E-state index in [-0.39, 0.29) is 11.8 Å². The van der Waals surface area contributed by atoms with E-state index in [1.165, 1.54) is 0 Å². The number of rotatable bonds is 1. The van der Waals surface area contributed by atoms with Crippen molar-refractivity contribution in [2.45, 2.75) is 6.42 Å². The molecule has 1 heterocycles. The summed E-state index contributed by atoms with van der Waals surface area (Å²) in [5.41, 5.74) is 6.36. The second-order valence-corrected chi connectivity index (χ2v) is 3.84. The molecule has 1 saturated heterocycles. The molecular weight excluding hydrogens is 192 g/mol. The Morgan fingerprint density at radius 1 is 1.47 bits per heavy atom. The predicted molar refractivity (Wildman–Crippen MR) is 56.9 cm³/mol. The van der Waals surface area contributed by atoms with Crippen molar-refractivity contribution in [3.63, 3.8) is 0 Å². The monoisotopic (exact) mass is 208 g/mol. The molecule has 0 aromatic carbocycles. The van der Waals surface area contributed by atoms with Crippen LogP contribution in [-0.4, -0.2) is 37.1 Å². The van der Waals surface area contributed by atoms with E-state index in [4.69, 9.17) is 10.5 Å². The van der Waals surface area contributed by atoms with Gasteiger partial charge in [-0.15, -0.1) is 0 Å². The number of amides is 1. The van der Waals surface area contributed by atoms with E-state index in [1.807, 2.05) is 23.1 Å². The molecule has 0 spiro atoms. The molecule has 0 radical (unpaired) electrons. The third-order valence-corrected chi connectivity index (χ3v) is 2.77. The van der Waals surface area contributed by atoms with Crippen LogP contribution < -0.4 is 5.73 Å². The first-order valence-electron chi connectivity index (χ1n) is 5.28. The minimum Gasteiger partial charge on any atom is -0.399 e. The lowest BCUT2D eigenvalue weighted by molar-refractivity contribution is -0.138. The summed E-state index contributed by atoms with van der Waals surface area (Å²) in [5.74, 6) is 0.161. The van der Waals surface area contributed by atoms with Crippen LogP contribution in [0.1, 0.15) is 6.42 Å². The Kier molecular flexibility index (Phi) is 3.06. The number of carbonyl (C=O) groups is 1. The van der Waals surface area contributed by atoms with Gasteiger partial charge in [-0.3, -0.25) is 4.79 Å². The van der Waals surface area contributed by atoms with E-state index in [1.54, 1.807) is 0 Å². The molecule has 1 unspecified atom stereocenters. The van der Waals surface area contributed by atoms with Crippen LogP contribution in [0.5, 0.6) is 0 Å². The Balaban J connectivity index is 1.93. The van der Waals surface area contributed by atoms with Gasteiger partial charge >= 0.3 is 0 Å². The largest absolute Gasteiger partial charge is 0.399 e. The molecule has 2 N–H and O–H groups in total. The molecule has 1 aliphatic carbocycles. The number of nitrogens with zero attached hydrogens (tertiary/aromatic N) is 1. The Hall–Kier alpha value is -1.29.